The van der Waals surface area contributed by atoms with Crippen molar-refractivity contribution < 1.29 is 101 Å². The van der Waals surface area contributed by atoms with Crippen molar-refractivity contribution in [1.82, 2.24) is 24.9 Å². The number of aliphatic hydroxyl groups is 2. The van der Waals surface area contributed by atoms with Crippen LogP contribution in [0.5, 0.6) is 0 Å². The Hall–Kier alpha value is -11.1. The van der Waals surface area contributed by atoms with Crippen molar-refractivity contribution in [2.75, 3.05) is 0 Å². The maximum absolute atomic E-state index is 10.0. The van der Waals surface area contributed by atoms with Gasteiger partial charge in [0.2, 0.25) is 0 Å². The molecule has 15 aromatic rings. The molecule has 0 bridgehead atoms. The largest absolute Gasteiger partial charge is 3.00 e. The van der Waals surface area contributed by atoms with E-state index in [4.69, 9.17) is 20.2 Å². The minimum Gasteiger partial charge on any atom is -0.512 e. The van der Waals surface area contributed by atoms with E-state index >= 15 is 0 Å². The molecule has 0 aliphatic heterocycles. The van der Waals surface area contributed by atoms with Gasteiger partial charge in [0.05, 0.1) is 28.4 Å². The Balaban J connectivity index is 0.000000246. The van der Waals surface area contributed by atoms with Crippen LogP contribution in [0.2, 0.25) is 0 Å². The number of hydrogen-bond acceptors (Lipinski definition) is 11. The second kappa shape index (κ2) is 49.6. The van der Waals surface area contributed by atoms with Crippen molar-refractivity contribution in [2.24, 2.45) is 9.98 Å². The minimum absolute atomic E-state index is 0. The van der Waals surface area contributed by atoms with Crippen LogP contribution in [0.15, 0.2) is 313 Å². The molecule has 11 nitrogen and oxygen atoms in total. The summed E-state index contributed by atoms with van der Waals surface area (Å²) in [6, 6.07) is 110. The van der Waals surface area contributed by atoms with E-state index in [1.165, 1.54) is 94.9 Å². The molecular formula is C101H88Ir3N7O4Pt-2. The summed E-state index contributed by atoms with van der Waals surface area (Å²) >= 11 is 0. The van der Waals surface area contributed by atoms with Crippen LogP contribution < -0.4 is 0 Å². The van der Waals surface area contributed by atoms with E-state index in [9.17, 15) is 9.59 Å². The molecule has 590 valence electrons. The fraction of sp³-hybridized carbons (Fsp3) is 0.119. The van der Waals surface area contributed by atoms with Crippen LogP contribution in [-0.2, 0) is 91.0 Å². The average molecular weight is 2240 g/mol. The van der Waals surface area contributed by atoms with Crippen molar-refractivity contribution in [3.8, 4) is 67.5 Å². The van der Waals surface area contributed by atoms with Gasteiger partial charge in [-0.1, -0.05) is 140 Å². The SMILES string of the molecule is CC(=O)C=C(C)O.CC(=O)C=C(C)O.Cc1[c-]c(-c2ccc3ccc(C)cc3n2)cc(C)c1.Cc1cc(C)c(-c2[c-]cccc2)nc1-c1[c-]cccc1.Cc1cc(C)c(-c2ccccn2)[c-]c1-c1ccccn1.Cc1ccc2c(-c3[c-]cccc3)nccc2c1.[Ir+3].[Ir].[Ir].[Pt+2].[c-]1ccccc1C=Nc1ccccc1N=Cc1[c-]cccc1. The third-order valence-electron chi connectivity index (χ3n) is 16.7. The Labute approximate surface area is 738 Å². The van der Waals surface area contributed by atoms with Crippen LogP contribution in [0.25, 0.3) is 89.2 Å². The van der Waals surface area contributed by atoms with Crippen LogP contribution in [-0.4, -0.2) is 59.1 Å². The Morgan fingerprint density at radius 1 is 0.371 bits per heavy atom. The van der Waals surface area contributed by atoms with Crippen molar-refractivity contribution in [1.29, 1.82) is 0 Å². The van der Waals surface area contributed by atoms with E-state index in [0.717, 1.165) is 101 Å². The molecule has 0 fully saturated rings. The topological polar surface area (TPSA) is 164 Å². The first-order valence-corrected chi connectivity index (χ1v) is 36.5. The molecule has 15 heteroatoms. The Bertz CT molecular complexity index is 5350. The van der Waals surface area contributed by atoms with Gasteiger partial charge in [-0.2, -0.15) is 0 Å². The predicted molar refractivity (Wildman–Crippen MR) is 460 cm³/mol. The molecule has 0 unspecified atom stereocenters. The van der Waals surface area contributed by atoms with Gasteiger partial charge in [-0.3, -0.25) is 24.5 Å². The molecule has 0 saturated carbocycles. The maximum atomic E-state index is 10.0. The number of nitrogens with zero attached hydrogens (tertiary/aromatic N) is 7. The summed E-state index contributed by atoms with van der Waals surface area (Å²) in [5.41, 5.74) is 26.3. The average Bonchev–Trinajstić information content (AvgIpc) is 0.800. The van der Waals surface area contributed by atoms with Gasteiger partial charge in [-0.15, -0.1) is 238 Å². The van der Waals surface area contributed by atoms with Gasteiger partial charge in [-0.05, 0) is 149 Å². The van der Waals surface area contributed by atoms with Crippen LogP contribution in [0.3, 0.4) is 0 Å². The van der Waals surface area contributed by atoms with E-state index in [1.54, 1.807) is 12.4 Å². The number of ketones is 2. The number of carbonyl (C=O) groups is 2. The number of hydrogen-bond donors (Lipinski definition) is 2. The molecule has 0 saturated heterocycles. The van der Waals surface area contributed by atoms with E-state index in [2.05, 4.69) is 202 Å². The number of rotatable bonds is 12. The molecule has 0 aliphatic carbocycles. The number of aromatic nitrogens is 5. The van der Waals surface area contributed by atoms with Gasteiger partial charge in [-0.25, -0.2) is 0 Å². The monoisotopic (exact) mass is 2240 g/mol. The zero-order valence-corrected chi connectivity index (χ0v) is 76.0. The predicted octanol–water partition coefficient (Wildman–Crippen LogP) is 24.4. The third-order valence-corrected chi connectivity index (χ3v) is 16.7. The Morgan fingerprint density at radius 2 is 0.810 bits per heavy atom. The van der Waals surface area contributed by atoms with Crippen LogP contribution in [0, 0.1) is 97.9 Å². The zero-order valence-electron chi connectivity index (χ0n) is 66.5. The molecule has 10 aromatic carbocycles. The fourth-order valence-corrected chi connectivity index (χ4v) is 11.7. The molecular weight excluding hydrogens is 2150 g/mol. The van der Waals surface area contributed by atoms with Crippen LogP contribution in [0.4, 0.5) is 11.4 Å². The van der Waals surface area contributed by atoms with Crippen molar-refractivity contribution >= 4 is 57.0 Å². The van der Waals surface area contributed by atoms with E-state index in [-0.39, 0.29) is 104 Å². The molecule has 5 heterocycles. The molecule has 0 spiro atoms. The molecule has 0 atom stereocenters. The third kappa shape index (κ3) is 30.6. The number of aliphatic imine (C=N–C) groups is 2. The maximum Gasteiger partial charge on any atom is 3.00 e. The van der Waals surface area contributed by atoms with Gasteiger partial charge in [0.1, 0.15) is 0 Å². The van der Waals surface area contributed by atoms with Gasteiger partial charge in [0.25, 0.3) is 0 Å². The summed E-state index contributed by atoms with van der Waals surface area (Å²) in [5.74, 6) is -0.125. The summed E-state index contributed by atoms with van der Waals surface area (Å²) in [6.07, 6.45) is 11.4. The molecule has 2 radical (unpaired) electrons. The molecule has 0 aliphatic rings. The van der Waals surface area contributed by atoms with Crippen molar-refractivity contribution in [2.45, 2.75) is 83.1 Å². The van der Waals surface area contributed by atoms with E-state index < -0.39 is 0 Å². The van der Waals surface area contributed by atoms with Crippen molar-refractivity contribution in [3.05, 3.63) is 401 Å². The molecule has 2 N–H and O–H groups in total. The molecule has 116 heavy (non-hydrogen) atoms. The van der Waals surface area contributed by atoms with Gasteiger partial charge in [0.15, 0.2) is 11.6 Å². The van der Waals surface area contributed by atoms with Crippen LogP contribution in [0.1, 0.15) is 83.3 Å². The first-order valence-electron chi connectivity index (χ1n) is 36.5. The first-order chi connectivity index (χ1) is 54.1. The zero-order chi connectivity index (χ0) is 79.7. The fourth-order valence-electron chi connectivity index (χ4n) is 11.7. The van der Waals surface area contributed by atoms with E-state index in [0.29, 0.717) is 0 Å². The quantitative estimate of drug-likeness (QED) is 0.0524. The molecule has 15 rings (SSSR count). The van der Waals surface area contributed by atoms with Gasteiger partial charge < -0.3 is 30.2 Å². The summed E-state index contributed by atoms with van der Waals surface area (Å²) < 4.78 is 0. The van der Waals surface area contributed by atoms with Crippen molar-refractivity contribution in [3.63, 3.8) is 0 Å². The smallest absolute Gasteiger partial charge is 0.512 e. The van der Waals surface area contributed by atoms with E-state index in [1.807, 2.05) is 201 Å². The standard InChI is InChI=1S/C20H14N2.C19H15N.C18H15N2.C18H16N.C16H12N.2C5H8O2.3Ir.Pt/c1-3-9-17(10-4-1)15-21-19-13-7-8-14-20(19)22-16-18-11-5-2-6-12-18;1-14-13-15(2)19(17-11-7-4-8-12-17)20-18(14)16-9-5-3-6-10-16;1-13-11-14(2)16(18-8-4-6-10-20-18)12-15(13)17-7-3-5-9-19-17;1-12-4-5-15-6-7-17(19-18(15)11-12)16-9-13(2)8-14(3)10-16;1-12-7-8-15-14(11-12)9-10-17-16(15)13-5-3-2-4-6-13;2*1-4(6)3-5(2)7;;;;/h1-9,11,13-16H;3-9,11,13H,1-2H3;3-11H,1-2H3;4-9,11H,1-3H3;2-5,7-11H,1H3;2*3,6H,1-2H3;;;;/q2*-2;3*-1;;;;;+3;+2. The first kappa shape index (κ1) is 95.5. The summed E-state index contributed by atoms with van der Waals surface area (Å²) in [5, 5.41) is 20.3. The summed E-state index contributed by atoms with van der Waals surface area (Å²) in [4.78, 5) is 52.0. The van der Waals surface area contributed by atoms with Gasteiger partial charge in [0, 0.05) is 82.3 Å². The number of benzene rings is 10. The second-order valence-corrected chi connectivity index (χ2v) is 26.4. The summed E-state index contributed by atoms with van der Waals surface area (Å²) in [6.45, 7) is 22.4. The Morgan fingerprint density at radius 3 is 1.24 bits per heavy atom. The number of carbonyl (C=O) groups excluding carboxylic acids is 2. The number of fused-ring (bicyclic) bond motifs is 2. The van der Waals surface area contributed by atoms with Crippen LogP contribution >= 0.6 is 0 Å². The normalized spacial score (nSPS) is 10.5. The number of allylic oxidation sites excluding steroid dienone is 4. The Kier molecular flexibility index (Phi) is 40.8. The minimum atomic E-state index is -0.125. The summed E-state index contributed by atoms with van der Waals surface area (Å²) in [7, 11) is 0. The second-order valence-electron chi connectivity index (χ2n) is 26.4. The number of aliphatic hydroxyl groups excluding tert-OH is 2. The molecule has 5 aromatic heterocycles. The number of aryl methyl sites for hydroxylation is 8. The van der Waals surface area contributed by atoms with Gasteiger partial charge >= 0.3 is 41.2 Å². The number of pyridine rings is 5. The molecule has 0 amide bonds. The number of para-hydroxylation sites is 2.